The molecule has 0 amide bonds. The molecular weight excluding hydrogens is 252 g/mol. The predicted octanol–water partition coefficient (Wildman–Crippen LogP) is 1.79. The zero-order valence-corrected chi connectivity index (χ0v) is 13.2. The van der Waals surface area contributed by atoms with Crippen molar-refractivity contribution in [2.45, 2.75) is 58.4 Å². The van der Waals surface area contributed by atoms with E-state index < -0.39 is 0 Å². The summed E-state index contributed by atoms with van der Waals surface area (Å²) < 4.78 is 8.22. The smallest absolute Gasteiger partial charge is 0.0948 e. The molecular formula is C15H28N4O. The van der Waals surface area contributed by atoms with Crippen LogP contribution < -0.4 is 5.73 Å². The minimum absolute atomic E-state index is 0.124. The van der Waals surface area contributed by atoms with E-state index in [1.165, 1.54) is 5.69 Å². The van der Waals surface area contributed by atoms with Gasteiger partial charge in [0, 0.05) is 32.4 Å². The minimum atomic E-state index is -0.124. The molecule has 0 aromatic carbocycles. The summed E-state index contributed by atoms with van der Waals surface area (Å²) in [6.07, 6.45) is 5.21. The van der Waals surface area contributed by atoms with E-state index in [-0.39, 0.29) is 17.7 Å². The number of imidazole rings is 1. The number of nitrogens with zero attached hydrogens (tertiary/aromatic N) is 3. The van der Waals surface area contributed by atoms with E-state index in [4.69, 9.17) is 10.5 Å². The Balaban J connectivity index is 2.20. The van der Waals surface area contributed by atoms with Gasteiger partial charge in [0.05, 0.1) is 29.8 Å². The van der Waals surface area contributed by atoms with Crippen LogP contribution in [0.2, 0.25) is 0 Å². The number of hydrogen-bond donors (Lipinski definition) is 1. The van der Waals surface area contributed by atoms with Crippen LogP contribution in [-0.4, -0.2) is 45.8 Å². The van der Waals surface area contributed by atoms with Gasteiger partial charge in [-0.15, -0.1) is 0 Å². The van der Waals surface area contributed by atoms with E-state index >= 15 is 0 Å². The van der Waals surface area contributed by atoms with E-state index in [9.17, 15) is 0 Å². The van der Waals surface area contributed by atoms with Gasteiger partial charge in [0.15, 0.2) is 0 Å². The maximum absolute atomic E-state index is 6.07. The fourth-order valence-corrected chi connectivity index (χ4v) is 3.23. The highest BCUT2D eigenvalue weighted by Gasteiger charge is 2.35. The summed E-state index contributed by atoms with van der Waals surface area (Å²) in [7, 11) is 0. The highest BCUT2D eigenvalue weighted by molar-refractivity contribution is 5.08. The summed E-state index contributed by atoms with van der Waals surface area (Å²) in [6, 6.07) is 0.217. The number of morpholine rings is 1. The summed E-state index contributed by atoms with van der Waals surface area (Å²) in [4.78, 5) is 6.75. The number of nitrogens with two attached hydrogens (primary N) is 1. The molecule has 0 spiro atoms. The van der Waals surface area contributed by atoms with Gasteiger partial charge in [-0.05, 0) is 27.2 Å². The van der Waals surface area contributed by atoms with Gasteiger partial charge in [-0.3, -0.25) is 4.90 Å². The lowest BCUT2D eigenvalue weighted by molar-refractivity contribution is -0.138. The Morgan fingerprint density at radius 2 is 2.30 bits per heavy atom. The molecule has 1 fully saturated rings. The topological polar surface area (TPSA) is 56.3 Å². The van der Waals surface area contributed by atoms with Crippen molar-refractivity contribution in [1.29, 1.82) is 0 Å². The molecule has 114 valence electrons. The highest BCUT2D eigenvalue weighted by atomic mass is 16.5. The third-order valence-electron chi connectivity index (χ3n) is 3.81. The maximum atomic E-state index is 6.07. The van der Waals surface area contributed by atoms with Crippen molar-refractivity contribution in [3.8, 4) is 0 Å². The molecule has 1 saturated heterocycles. The molecule has 2 N–H and O–H groups in total. The molecule has 5 nitrogen and oxygen atoms in total. The number of hydrogen-bond acceptors (Lipinski definition) is 4. The average molecular weight is 280 g/mol. The summed E-state index contributed by atoms with van der Waals surface area (Å²) in [6.45, 7) is 12.0. The number of rotatable bonds is 5. The number of aryl methyl sites for hydroxylation is 1. The Morgan fingerprint density at radius 3 is 2.90 bits per heavy atom. The zero-order valence-electron chi connectivity index (χ0n) is 13.2. The third kappa shape index (κ3) is 3.40. The number of aromatic nitrogens is 2. The Kier molecular flexibility index (Phi) is 4.83. The Hall–Kier alpha value is -0.910. The largest absolute Gasteiger partial charge is 0.370 e. The molecule has 1 aliphatic rings. The fourth-order valence-electron chi connectivity index (χ4n) is 3.23. The van der Waals surface area contributed by atoms with E-state index in [1.54, 1.807) is 0 Å². The first-order valence-corrected chi connectivity index (χ1v) is 7.59. The number of ether oxygens (including phenoxy) is 1. The molecule has 2 atom stereocenters. The van der Waals surface area contributed by atoms with Crippen LogP contribution in [0.1, 0.15) is 45.9 Å². The van der Waals surface area contributed by atoms with Gasteiger partial charge in [0.1, 0.15) is 0 Å². The lowest BCUT2D eigenvalue weighted by Crippen LogP contribution is -2.54. The van der Waals surface area contributed by atoms with Gasteiger partial charge in [0.2, 0.25) is 0 Å². The summed E-state index contributed by atoms with van der Waals surface area (Å²) >= 11 is 0. The van der Waals surface area contributed by atoms with Crippen LogP contribution in [0.15, 0.2) is 12.5 Å². The van der Waals surface area contributed by atoms with Crippen molar-refractivity contribution in [2.75, 3.05) is 19.6 Å². The standard InChI is InChI=1S/C15H28N4O/c1-5-6-18-11-17-8-14(18)13(7-16)19-9-12(2)20-15(3,4)10-19/h8,11-13H,5-7,9-10,16H2,1-4H3. The second-order valence-electron chi connectivity index (χ2n) is 6.38. The Bertz CT molecular complexity index is 429. The summed E-state index contributed by atoms with van der Waals surface area (Å²) in [5.74, 6) is 0. The van der Waals surface area contributed by atoms with Gasteiger partial charge >= 0.3 is 0 Å². The van der Waals surface area contributed by atoms with Gasteiger partial charge in [-0.2, -0.15) is 0 Å². The van der Waals surface area contributed by atoms with Gasteiger partial charge in [0.25, 0.3) is 0 Å². The van der Waals surface area contributed by atoms with Crippen LogP contribution in [0.4, 0.5) is 0 Å². The lowest BCUT2D eigenvalue weighted by Gasteiger charge is -2.45. The van der Waals surface area contributed by atoms with Gasteiger partial charge in [-0.1, -0.05) is 6.92 Å². The van der Waals surface area contributed by atoms with Crippen molar-refractivity contribution in [1.82, 2.24) is 14.5 Å². The van der Waals surface area contributed by atoms with E-state index in [2.05, 4.69) is 42.1 Å². The first-order valence-electron chi connectivity index (χ1n) is 7.59. The van der Waals surface area contributed by atoms with Crippen molar-refractivity contribution in [3.05, 3.63) is 18.2 Å². The molecule has 1 aromatic heterocycles. The first kappa shape index (κ1) is 15.5. The molecule has 0 radical (unpaired) electrons. The van der Waals surface area contributed by atoms with Crippen molar-refractivity contribution < 1.29 is 4.74 Å². The highest BCUT2D eigenvalue weighted by Crippen LogP contribution is 2.28. The van der Waals surface area contributed by atoms with E-state index in [1.807, 2.05) is 12.5 Å². The molecule has 5 heteroatoms. The molecule has 20 heavy (non-hydrogen) atoms. The Labute approximate surface area is 122 Å². The van der Waals surface area contributed by atoms with Crippen molar-refractivity contribution >= 4 is 0 Å². The molecule has 0 bridgehead atoms. The fraction of sp³-hybridized carbons (Fsp3) is 0.800. The second-order valence-corrected chi connectivity index (χ2v) is 6.38. The molecule has 0 saturated carbocycles. The van der Waals surface area contributed by atoms with Crippen LogP contribution in [-0.2, 0) is 11.3 Å². The van der Waals surface area contributed by atoms with Crippen LogP contribution in [0.25, 0.3) is 0 Å². The molecule has 1 aliphatic heterocycles. The first-order chi connectivity index (χ1) is 9.46. The van der Waals surface area contributed by atoms with Crippen molar-refractivity contribution in [2.24, 2.45) is 5.73 Å². The minimum Gasteiger partial charge on any atom is -0.370 e. The third-order valence-corrected chi connectivity index (χ3v) is 3.81. The van der Waals surface area contributed by atoms with Gasteiger partial charge < -0.3 is 15.0 Å². The second kappa shape index (κ2) is 6.24. The molecule has 1 aromatic rings. The normalized spacial score (nSPS) is 24.8. The van der Waals surface area contributed by atoms with E-state index in [0.717, 1.165) is 26.1 Å². The average Bonchev–Trinajstić information content (AvgIpc) is 2.76. The molecule has 2 heterocycles. The Morgan fingerprint density at radius 1 is 1.55 bits per heavy atom. The molecule has 2 rings (SSSR count). The van der Waals surface area contributed by atoms with Gasteiger partial charge in [-0.25, -0.2) is 4.98 Å². The SMILES string of the molecule is CCCn1cncc1C(CN)N1CC(C)OC(C)(C)C1. The lowest BCUT2D eigenvalue weighted by atomic mass is 10.0. The van der Waals surface area contributed by atoms with Crippen LogP contribution >= 0.6 is 0 Å². The van der Waals surface area contributed by atoms with Crippen molar-refractivity contribution in [3.63, 3.8) is 0 Å². The maximum Gasteiger partial charge on any atom is 0.0948 e. The van der Waals surface area contributed by atoms with Crippen LogP contribution in [0.3, 0.4) is 0 Å². The molecule has 0 aliphatic carbocycles. The van der Waals surface area contributed by atoms with E-state index in [0.29, 0.717) is 6.54 Å². The zero-order chi connectivity index (χ0) is 14.8. The summed E-state index contributed by atoms with van der Waals surface area (Å²) in [5.41, 5.74) is 7.17. The van der Waals surface area contributed by atoms with Crippen LogP contribution in [0, 0.1) is 0 Å². The summed E-state index contributed by atoms with van der Waals surface area (Å²) in [5, 5.41) is 0. The quantitative estimate of drug-likeness (QED) is 0.893. The predicted molar refractivity (Wildman–Crippen MR) is 80.5 cm³/mol. The van der Waals surface area contributed by atoms with Crippen LogP contribution in [0.5, 0.6) is 0 Å². The monoisotopic (exact) mass is 280 g/mol. The molecule has 2 unspecified atom stereocenters.